The van der Waals surface area contributed by atoms with Crippen LogP contribution in [0.3, 0.4) is 0 Å². The van der Waals surface area contributed by atoms with Crippen LogP contribution < -0.4 is 5.73 Å². The molecule has 3 nitrogen and oxygen atoms in total. The van der Waals surface area contributed by atoms with Crippen molar-refractivity contribution < 1.29 is 9.90 Å². The molecular formula is C6H7NO2S. The molecule has 0 aromatic carbocycles. The third kappa shape index (κ3) is 0.974. The van der Waals surface area contributed by atoms with Crippen LogP contribution in [-0.2, 0) is 0 Å². The minimum atomic E-state index is -0.912. The summed E-state index contributed by atoms with van der Waals surface area (Å²) >= 11 is 1.26. The maximum atomic E-state index is 10.4. The molecule has 0 amide bonds. The molecule has 1 aromatic rings. The number of carbonyl (C=O) groups is 1. The van der Waals surface area contributed by atoms with Crippen LogP contribution in [0.2, 0.25) is 0 Å². The number of anilines is 1. The highest BCUT2D eigenvalue weighted by Crippen LogP contribution is 2.23. The van der Waals surface area contributed by atoms with Gasteiger partial charge in [0.2, 0.25) is 0 Å². The summed E-state index contributed by atoms with van der Waals surface area (Å²) in [7, 11) is 0. The molecule has 3 N–H and O–H groups in total. The zero-order valence-corrected chi connectivity index (χ0v) is 6.23. The lowest BCUT2D eigenvalue weighted by atomic mass is 10.2. The summed E-state index contributed by atoms with van der Waals surface area (Å²) in [4.78, 5) is 10.4. The van der Waals surface area contributed by atoms with Gasteiger partial charge in [-0.05, 0) is 12.5 Å². The predicted octanol–water partition coefficient (Wildman–Crippen LogP) is 1.34. The first-order chi connectivity index (χ1) is 4.63. The first kappa shape index (κ1) is 7.08. The second kappa shape index (κ2) is 2.30. The highest BCUT2D eigenvalue weighted by molar-refractivity contribution is 7.14. The Bertz CT molecular complexity index is 267. The highest BCUT2D eigenvalue weighted by Gasteiger charge is 2.10. The fourth-order valence-electron chi connectivity index (χ4n) is 0.643. The van der Waals surface area contributed by atoms with E-state index in [2.05, 4.69) is 0 Å². The number of thiophene rings is 1. The minimum absolute atomic E-state index is 0.308. The number of carboxylic acids is 1. The summed E-state index contributed by atoms with van der Waals surface area (Å²) in [5.41, 5.74) is 6.41. The van der Waals surface area contributed by atoms with Gasteiger partial charge >= 0.3 is 5.97 Å². The monoisotopic (exact) mass is 157 g/mol. The second-order valence-electron chi connectivity index (χ2n) is 1.94. The van der Waals surface area contributed by atoms with Crippen LogP contribution in [-0.4, -0.2) is 11.1 Å². The summed E-state index contributed by atoms with van der Waals surface area (Å²) in [5.74, 6) is -0.912. The van der Waals surface area contributed by atoms with Crippen LogP contribution in [0.4, 0.5) is 5.00 Å². The van der Waals surface area contributed by atoms with E-state index in [-0.39, 0.29) is 0 Å². The van der Waals surface area contributed by atoms with Crippen molar-refractivity contribution in [1.82, 2.24) is 0 Å². The fraction of sp³-hybridized carbons (Fsp3) is 0.167. The van der Waals surface area contributed by atoms with Crippen molar-refractivity contribution in [2.75, 3.05) is 5.73 Å². The summed E-state index contributed by atoms with van der Waals surface area (Å²) in [6.45, 7) is 1.70. The smallest absolute Gasteiger partial charge is 0.336 e. The van der Waals surface area contributed by atoms with E-state index < -0.39 is 5.97 Å². The van der Waals surface area contributed by atoms with E-state index in [1.165, 1.54) is 11.3 Å². The van der Waals surface area contributed by atoms with E-state index in [1.807, 2.05) is 0 Å². The molecule has 0 saturated heterocycles. The molecule has 0 saturated carbocycles. The molecule has 0 aliphatic rings. The molecule has 0 spiro atoms. The van der Waals surface area contributed by atoms with E-state index in [9.17, 15) is 4.79 Å². The first-order valence-electron chi connectivity index (χ1n) is 2.69. The summed E-state index contributed by atoms with van der Waals surface area (Å²) in [6, 6.07) is 0. The van der Waals surface area contributed by atoms with Gasteiger partial charge < -0.3 is 10.8 Å². The van der Waals surface area contributed by atoms with Gasteiger partial charge in [0.1, 0.15) is 0 Å². The first-order valence-corrected chi connectivity index (χ1v) is 3.57. The SMILES string of the molecule is Cc1c(C(=O)O)csc1N. The largest absolute Gasteiger partial charge is 0.478 e. The van der Waals surface area contributed by atoms with Gasteiger partial charge in [0.15, 0.2) is 0 Å². The van der Waals surface area contributed by atoms with Crippen molar-refractivity contribution in [2.24, 2.45) is 0 Å². The quantitative estimate of drug-likeness (QED) is 0.646. The summed E-state index contributed by atoms with van der Waals surface area (Å²) in [5, 5.41) is 10.7. The van der Waals surface area contributed by atoms with E-state index >= 15 is 0 Å². The predicted molar refractivity (Wildman–Crippen MR) is 40.4 cm³/mol. The number of hydrogen-bond acceptors (Lipinski definition) is 3. The lowest BCUT2D eigenvalue weighted by molar-refractivity contribution is 0.0697. The molecule has 1 heterocycles. The number of rotatable bonds is 1. The molecule has 54 valence electrons. The van der Waals surface area contributed by atoms with Gasteiger partial charge in [-0.15, -0.1) is 11.3 Å². The van der Waals surface area contributed by atoms with Crippen molar-refractivity contribution in [1.29, 1.82) is 0 Å². The van der Waals surface area contributed by atoms with Crippen molar-refractivity contribution >= 4 is 22.3 Å². The van der Waals surface area contributed by atoms with Crippen LogP contribution in [0, 0.1) is 6.92 Å². The molecule has 0 bridgehead atoms. The third-order valence-corrected chi connectivity index (χ3v) is 2.22. The Balaban J connectivity index is 3.17. The van der Waals surface area contributed by atoms with Crippen LogP contribution in [0.15, 0.2) is 5.38 Å². The minimum Gasteiger partial charge on any atom is -0.478 e. The maximum Gasteiger partial charge on any atom is 0.336 e. The lowest BCUT2D eigenvalue weighted by Gasteiger charge is -1.90. The maximum absolute atomic E-state index is 10.4. The molecule has 10 heavy (non-hydrogen) atoms. The zero-order chi connectivity index (χ0) is 7.72. The second-order valence-corrected chi connectivity index (χ2v) is 2.86. The number of hydrogen-bond donors (Lipinski definition) is 2. The van der Waals surface area contributed by atoms with E-state index in [0.29, 0.717) is 16.1 Å². The van der Waals surface area contributed by atoms with Crippen molar-refractivity contribution in [3.63, 3.8) is 0 Å². The molecular weight excluding hydrogens is 150 g/mol. The van der Waals surface area contributed by atoms with Gasteiger partial charge in [0.25, 0.3) is 0 Å². The third-order valence-electron chi connectivity index (χ3n) is 1.31. The summed E-state index contributed by atoms with van der Waals surface area (Å²) < 4.78 is 0. The van der Waals surface area contributed by atoms with Gasteiger partial charge in [-0.3, -0.25) is 0 Å². The van der Waals surface area contributed by atoms with Crippen LogP contribution in [0.5, 0.6) is 0 Å². The topological polar surface area (TPSA) is 63.3 Å². The molecule has 1 rings (SSSR count). The fourth-order valence-corrected chi connectivity index (χ4v) is 1.45. The average Bonchev–Trinajstić information content (AvgIpc) is 2.14. The Hall–Kier alpha value is -1.03. The average molecular weight is 157 g/mol. The van der Waals surface area contributed by atoms with Crippen molar-refractivity contribution in [3.05, 3.63) is 16.5 Å². The Morgan fingerprint density at radius 3 is 2.60 bits per heavy atom. The summed E-state index contributed by atoms with van der Waals surface area (Å²) in [6.07, 6.45) is 0. The van der Waals surface area contributed by atoms with Gasteiger partial charge in [0.05, 0.1) is 10.6 Å². The lowest BCUT2D eigenvalue weighted by Crippen LogP contribution is -1.96. The number of aromatic carboxylic acids is 1. The number of nitrogens with two attached hydrogens (primary N) is 1. The Morgan fingerprint density at radius 2 is 2.40 bits per heavy atom. The standard InChI is InChI=1S/C6H7NO2S/c1-3-4(6(8)9)2-10-5(3)7/h2H,7H2,1H3,(H,8,9). The highest BCUT2D eigenvalue weighted by atomic mass is 32.1. The Labute approximate surface area is 62.1 Å². The van der Waals surface area contributed by atoms with Gasteiger partial charge in [0, 0.05) is 5.38 Å². The molecule has 1 aromatic heterocycles. The van der Waals surface area contributed by atoms with Gasteiger partial charge in [-0.1, -0.05) is 0 Å². The van der Waals surface area contributed by atoms with E-state index in [4.69, 9.17) is 10.8 Å². The molecule has 0 fully saturated rings. The molecule has 0 atom stereocenters. The van der Waals surface area contributed by atoms with E-state index in [0.717, 1.165) is 0 Å². The van der Waals surface area contributed by atoms with Crippen molar-refractivity contribution in [2.45, 2.75) is 6.92 Å². The van der Waals surface area contributed by atoms with Crippen molar-refractivity contribution in [3.8, 4) is 0 Å². The molecule has 0 radical (unpaired) electrons. The number of nitrogen functional groups attached to an aromatic ring is 1. The van der Waals surface area contributed by atoms with Gasteiger partial charge in [-0.2, -0.15) is 0 Å². The van der Waals surface area contributed by atoms with E-state index in [1.54, 1.807) is 12.3 Å². The van der Waals surface area contributed by atoms with Crippen LogP contribution in [0.25, 0.3) is 0 Å². The van der Waals surface area contributed by atoms with Crippen LogP contribution in [0.1, 0.15) is 15.9 Å². The van der Waals surface area contributed by atoms with Gasteiger partial charge in [-0.25, -0.2) is 4.79 Å². The normalized spacial score (nSPS) is 9.70. The Morgan fingerprint density at radius 1 is 1.80 bits per heavy atom. The molecule has 4 heteroatoms. The van der Waals surface area contributed by atoms with Crippen LogP contribution >= 0.6 is 11.3 Å². The molecule has 0 aliphatic carbocycles. The Kier molecular flexibility index (Phi) is 1.63. The zero-order valence-electron chi connectivity index (χ0n) is 5.42. The molecule has 0 aliphatic heterocycles. The number of carboxylic acid groups (broad SMARTS) is 1. The molecule has 0 unspecified atom stereocenters.